The van der Waals surface area contributed by atoms with Crippen molar-refractivity contribution in [1.29, 1.82) is 0 Å². The summed E-state index contributed by atoms with van der Waals surface area (Å²) in [6.07, 6.45) is 0.916. The minimum atomic E-state index is 0.0735. The van der Waals surface area contributed by atoms with Crippen LogP contribution >= 0.6 is 0 Å². The Bertz CT molecular complexity index is 276. The third kappa shape index (κ3) is 8.84. The van der Waals surface area contributed by atoms with Crippen LogP contribution in [0.4, 0.5) is 0 Å². The summed E-state index contributed by atoms with van der Waals surface area (Å²) in [7, 11) is 0. The van der Waals surface area contributed by atoms with Crippen LogP contribution in [-0.4, -0.2) is 11.1 Å². The van der Waals surface area contributed by atoms with Crippen LogP contribution in [0.25, 0.3) is 0 Å². The minimum Gasteiger partial charge on any atom is -0.384 e. The lowest BCUT2D eigenvalue weighted by Crippen LogP contribution is -2.38. The van der Waals surface area contributed by atoms with E-state index in [2.05, 4.69) is 72.3 Å². The van der Waals surface area contributed by atoms with E-state index >= 15 is 0 Å². The topological polar surface area (TPSA) is 24.1 Å². The first kappa shape index (κ1) is 16.1. The highest BCUT2D eigenvalue weighted by Crippen LogP contribution is 2.18. The molecule has 0 bridgehead atoms. The minimum absolute atomic E-state index is 0.0735. The van der Waals surface area contributed by atoms with Crippen molar-refractivity contribution in [3.63, 3.8) is 0 Å². The summed E-state index contributed by atoms with van der Waals surface area (Å²) in [5.74, 6) is 0.386. The maximum atomic E-state index is 4.11. The summed E-state index contributed by atoms with van der Waals surface area (Å²) < 4.78 is 0. The summed E-state index contributed by atoms with van der Waals surface area (Å²) in [6.45, 7) is 23.2. The molecule has 0 amide bonds. The number of rotatable bonds is 5. The van der Waals surface area contributed by atoms with Crippen LogP contribution in [0.1, 0.15) is 54.9 Å². The fraction of sp³-hybridized carbons (Fsp3) is 0.733. The zero-order valence-electron chi connectivity index (χ0n) is 12.7. The third-order valence-electron chi connectivity index (χ3n) is 2.23. The zero-order chi connectivity index (χ0) is 13.9. The van der Waals surface area contributed by atoms with E-state index in [1.165, 1.54) is 0 Å². The van der Waals surface area contributed by atoms with Gasteiger partial charge >= 0.3 is 0 Å². The lowest BCUT2D eigenvalue weighted by atomic mass is 9.98. The normalized spacial score (nSPS) is 14.1. The van der Waals surface area contributed by atoms with E-state index < -0.39 is 0 Å². The molecule has 2 heteroatoms. The highest BCUT2D eigenvalue weighted by molar-refractivity contribution is 5.07. The molecule has 0 rings (SSSR count). The van der Waals surface area contributed by atoms with Gasteiger partial charge in [0.25, 0.3) is 0 Å². The largest absolute Gasteiger partial charge is 0.384 e. The molecule has 0 aromatic rings. The fourth-order valence-corrected chi connectivity index (χ4v) is 1.68. The van der Waals surface area contributed by atoms with E-state index in [1.54, 1.807) is 0 Å². The Morgan fingerprint density at radius 2 is 1.35 bits per heavy atom. The molecule has 0 aromatic heterocycles. The maximum Gasteiger partial charge on any atom is 0.0286 e. The van der Waals surface area contributed by atoms with Crippen molar-refractivity contribution in [2.75, 3.05) is 0 Å². The van der Waals surface area contributed by atoms with Crippen LogP contribution < -0.4 is 10.6 Å². The van der Waals surface area contributed by atoms with Gasteiger partial charge in [0.15, 0.2) is 0 Å². The van der Waals surface area contributed by atoms with Crippen molar-refractivity contribution in [2.45, 2.75) is 66.0 Å². The van der Waals surface area contributed by atoms with Gasteiger partial charge in [-0.1, -0.05) is 20.1 Å². The van der Waals surface area contributed by atoms with Crippen LogP contribution in [0.3, 0.4) is 0 Å². The summed E-state index contributed by atoms with van der Waals surface area (Å²) in [6, 6.07) is 0. The Labute approximate surface area is 108 Å². The van der Waals surface area contributed by atoms with E-state index in [4.69, 9.17) is 0 Å². The van der Waals surface area contributed by atoms with Crippen LogP contribution in [0.15, 0.2) is 24.6 Å². The molecule has 100 valence electrons. The Kier molecular flexibility index (Phi) is 5.31. The number of nitrogens with one attached hydrogen (secondary N) is 2. The van der Waals surface area contributed by atoms with Crippen molar-refractivity contribution >= 4 is 0 Å². The number of hydrogen-bond acceptors (Lipinski definition) is 2. The fourth-order valence-electron chi connectivity index (χ4n) is 1.68. The van der Waals surface area contributed by atoms with E-state index in [1.807, 2.05) is 0 Å². The molecule has 0 spiro atoms. The lowest BCUT2D eigenvalue weighted by Gasteiger charge is -2.29. The molecule has 0 aliphatic heterocycles. The maximum absolute atomic E-state index is 4.11. The first-order chi connectivity index (χ1) is 7.41. The molecule has 0 radical (unpaired) electrons. The lowest BCUT2D eigenvalue weighted by molar-refractivity contribution is 0.419. The predicted octanol–water partition coefficient (Wildman–Crippen LogP) is 3.82. The van der Waals surface area contributed by atoms with Gasteiger partial charge in [-0.05, 0) is 48.0 Å². The first-order valence-corrected chi connectivity index (χ1v) is 6.33. The average Bonchev–Trinajstić information content (AvgIpc) is 1.95. The second kappa shape index (κ2) is 5.61. The average molecular weight is 238 g/mol. The predicted molar refractivity (Wildman–Crippen MR) is 77.8 cm³/mol. The summed E-state index contributed by atoms with van der Waals surface area (Å²) in [5.41, 5.74) is 2.30. The Morgan fingerprint density at radius 3 is 1.71 bits per heavy atom. The van der Waals surface area contributed by atoms with Gasteiger partial charge < -0.3 is 10.6 Å². The highest BCUT2D eigenvalue weighted by Gasteiger charge is 2.17. The number of hydrogen-bond donors (Lipinski definition) is 2. The molecule has 1 unspecified atom stereocenters. The molecule has 0 heterocycles. The first-order valence-electron chi connectivity index (χ1n) is 6.33. The van der Waals surface area contributed by atoms with Crippen molar-refractivity contribution < 1.29 is 0 Å². The van der Waals surface area contributed by atoms with Crippen molar-refractivity contribution in [2.24, 2.45) is 5.92 Å². The third-order valence-corrected chi connectivity index (χ3v) is 2.23. The van der Waals surface area contributed by atoms with Gasteiger partial charge in [0.1, 0.15) is 0 Å². The van der Waals surface area contributed by atoms with Crippen molar-refractivity contribution in [3.05, 3.63) is 24.6 Å². The smallest absolute Gasteiger partial charge is 0.0286 e. The Balaban J connectivity index is 4.22. The molecule has 2 N–H and O–H groups in total. The Hall–Kier alpha value is -0.920. The molecule has 0 fully saturated rings. The standard InChI is InChI=1S/C15H30N2/c1-11(13(3)17-15(7,8)9)10-12(2)16-14(4,5)6/h11,16-17H,2-3,10H2,1,4-9H3. The zero-order valence-corrected chi connectivity index (χ0v) is 12.7. The molecule has 0 aliphatic carbocycles. The van der Waals surface area contributed by atoms with Gasteiger partial charge in [-0.2, -0.15) is 0 Å². The SMILES string of the molecule is C=C(CC(C)C(=C)NC(C)(C)C)NC(C)(C)C. The van der Waals surface area contributed by atoms with Crippen LogP contribution in [0, 0.1) is 5.92 Å². The molecule has 0 aliphatic rings. The molecule has 0 aromatic carbocycles. The van der Waals surface area contributed by atoms with Gasteiger partial charge in [0, 0.05) is 28.4 Å². The van der Waals surface area contributed by atoms with Gasteiger partial charge in [-0.25, -0.2) is 0 Å². The van der Waals surface area contributed by atoms with Gasteiger partial charge in [0.2, 0.25) is 0 Å². The molecular weight excluding hydrogens is 208 g/mol. The molecule has 2 nitrogen and oxygen atoms in total. The molecule has 0 saturated carbocycles. The van der Waals surface area contributed by atoms with Crippen LogP contribution in [0.5, 0.6) is 0 Å². The number of allylic oxidation sites excluding steroid dienone is 2. The second-order valence-electron chi connectivity index (χ2n) is 6.98. The van der Waals surface area contributed by atoms with E-state index in [-0.39, 0.29) is 11.1 Å². The molecule has 0 saturated heterocycles. The monoisotopic (exact) mass is 238 g/mol. The summed E-state index contributed by atoms with van der Waals surface area (Å²) in [4.78, 5) is 0. The van der Waals surface area contributed by atoms with Crippen LogP contribution in [-0.2, 0) is 0 Å². The van der Waals surface area contributed by atoms with E-state index in [0.717, 1.165) is 17.8 Å². The van der Waals surface area contributed by atoms with Gasteiger partial charge in [0.05, 0.1) is 0 Å². The molecular formula is C15H30N2. The summed E-state index contributed by atoms with van der Waals surface area (Å²) >= 11 is 0. The van der Waals surface area contributed by atoms with Crippen LogP contribution in [0.2, 0.25) is 0 Å². The highest BCUT2D eigenvalue weighted by atomic mass is 15.0. The van der Waals surface area contributed by atoms with Gasteiger partial charge in [-0.3, -0.25) is 0 Å². The second-order valence-corrected chi connectivity index (χ2v) is 6.98. The Morgan fingerprint density at radius 1 is 0.941 bits per heavy atom. The van der Waals surface area contributed by atoms with Crippen molar-refractivity contribution in [3.8, 4) is 0 Å². The molecule has 1 atom stereocenters. The van der Waals surface area contributed by atoms with E-state index in [0.29, 0.717) is 5.92 Å². The summed E-state index contributed by atoms with van der Waals surface area (Å²) in [5, 5.41) is 6.83. The molecule has 17 heavy (non-hydrogen) atoms. The quantitative estimate of drug-likeness (QED) is 0.761. The van der Waals surface area contributed by atoms with Crippen molar-refractivity contribution in [1.82, 2.24) is 10.6 Å². The van der Waals surface area contributed by atoms with E-state index in [9.17, 15) is 0 Å². The van der Waals surface area contributed by atoms with Gasteiger partial charge in [-0.15, -0.1) is 0 Å².